The zero-order valence-electron chi connectivity index (χ0n) is 16.2. The standard InChI is InChI=1S/C21H29NO5/c1-25-18-11-12-19(26-2)16(14-18)10-13-21(24)27-15-20(23)22-17-8-6-4-3-5-7-9-17/h10-14,17H,3-9,15H2,1-2H3,(H,22,23). The Kier molecular flexibility index (Phi) is 8.68. The van der Waals surface area contributed by atoms with Gasteiger partial charge in [-0.15, -0.1) is 0 Å². The van der Waals surface area contributed by atoms with Gasteiger partial charge in [0.05, 0.1) is 14.2 Å². The van der Waals surface area contributed by atoms with Crippen molar-refractivity contribution in [3.8, 4) is 11.5 Å². The monoisotopic (exact) mass is 375 g/mol. The number of benzene rings is 1. The number of rotatable bonds is 7. The molecule has 0 bridgehead atoms. The van der Waals surface area contributed by atoms with E-state index in [0.29, 0.717) is 17.1 Å². The summed E-state index contributed by atoms with van der Waals surface area (Å²) in [4.78, 5) is 23.9. The van der Waals surface area contributed by atoms with Gasteiger partial charge in [0.2, 0.25) is 0 Å². The third-order valence-electron chi connectivity index (χ3n) is 4.65. The van der Waals surface area contributed by atoms with E-state index in [-0.39, 0.29) is 18.6 Å². The first kappa shape index (κ1) is 20.8. The predicted octanol–water partition coefficient (Wildman–Crippen LogP) is 3.49. The highest BCUT2D eigenvalue weighted by atomic mass is 16.5. The number of hydrogen-bond donors (Lipinski definition) is 1. The van der Waals surface area contributed by atoms with Crippen LogP contribution in [0.25, 0.3) is 6.08 Å². The van der Waals surface area contributed by atoms with E-state index in [9.17, 15) is 9.59 Å². The van der Waals surface area contributed by atoms with Crippen molar-refractivity contribution < 1.29 is 23.8 Å². The number of carbonyl (C=O) groups is 2. The van der Waals surface area contributed by atoms with Crippen LogP contribution in [0, 0.1) is 0 Å². The third-order valence-corrected chi connectivity index (χ3v) is 4.65. The Hall–Kier alpha value is -2.50. The van der Waals surface area contributed by atoms with Gasteiger partial charge in [-0.25, -0.2) is 4.79 Å². The maximum absolute atomic E-state index is 12.0. The van der Waals surface area contributed by atoms with Crippen LogP contribution in [0.5, 0.6) is 11.5 Å². The van der Waals surface area contributed by atoms with E-state index in [1.54, 1.807) is 38.5 Å². The van der Waals surface area contributed by atoms with Crippen molar-refractivity contribution in [2.75, 3.05) is 20.8 Å². The highest BCUT2D eigenvalue weighted by molar-refractivity contribution is 5.89. The van der Waals surface area contributed by atoms with Gasteiger partial charge in [-0.2, -0.15) is 0 Å². The minimum absolute atomic E-state index is 0.188. The molecule has 1 saturated carbocycles. The summed E-state index contributed by atoms with van der Waals surface area (Å²) >= 11 is 0. The summed E-state index contributed by atoms with van der Waals surface area (Å²) in [6.07, 6.45) is 10.8. The molecular formula is C21H29NO5. The molecular weight excluding hydrogens is 346 g/mol. The summed E-state index contributed by atoms with van der Waals surface area (Å²) in [6.45, 7) is -0.269. The minimum Gasteiger partial charge on any atom is -0.497 e. The Bertz CT molecular complexity index is 648. The first-order valence-electron chi connectivity index (χ1n) is 9.48. The zero-order valence-corrected chi connectivity index (χ0v) is 16.2. The molecule has 0 spiro atoms. The Morgan fingerprint density at radius 1 is 1.07 bits per heavy atom. The molecule has 0 aromatic heterocycles. The molecule has 148 valence electrons. The third kappa shape index (κ3) is 7.33. The molecule has 1 aliphatic carbocycles. The first-order valence-corrected chi connectivity index (χ1v) is 9.48. The van der Waals surface area contributed by atoms with E-state index in [4.69, 9.17) is 14.2 Å². The Labute approximate surface area is 160 Å². The summed E-state index contributed by atoms with van der Waals surface area (Å²) in [5.74, 6) is 0.443. The highest BCUT2D eigenvalue weighted by Crippen LogP contribution is 2.25. The summed E-state index contributed by atoms with van der Waals surface area (Å²) in [5, 5.41) is 2.97. The van der Waals surface area contributed by atoms with Crippen LogP contribution in [-0.4, -0.2) is 38.7 Å². The number of ether oxygens (including phenoxy) is 3. The van der Waals surface area contributed by atoms with Gasteiger partial charge in [-0.05, 0) is 37.1 Å². The Morgan fingerprint density at radius 2 is 1.78 bits per heavy atom. The van der Waals surface area contributed by atoms with Gasteiger partial charge >= 0.3 is 5.97 Å². The number of hydrogen-bond acceptors (Lipinski definition) is 5. The van der Waals surface area contributed by atoms with Crippen molar-refractivity contribution in [1.29, 1.82) is 0 Å². The van der Waals surface area contributed by atoms with Crippen LogP contribution in [0.1, 0.15) is 50.5 Å². The lowest BCUT2D eigenvalue weighted by atomic mass is 9.97. The lowest BCUT2D eigenvalue weighted by molar-refractivity contribution is -0.144. The van der Waals surface area contributed by atoms with Crippen molar-refractivity contribution in [2.24, 2.45) is 0 Å². The molecule has 0 heterocycles. The smallest absolute Gasteiger partial charge is 0.331 e. The van der Waals surface area contributed by atoms with Crippen LogP contribution in [0.15, 0.2) is 24.3 Å². The molecule has 27 heavy (non-hydrogen) atoms. The molecule has 0 unspecified atom stereocenters. The fraction of sp³-hybridized carbons (Fsp3) is 0.524. The highest BCUT2D eigenvalue weighted by Gasteiger charge is 2.14. The van der Waals surface area contributed by atoms with Crippen LogP contribution in [0.2, 0.25) is 0 Å². The molecule has 0 saturated heterocycles. The molecule has 1 N–H and O–H groups in total. The van der Waals surface area contributed by atoms with Gasteiger partial charge < -0.3 is 19.5 Å². The predicted molar refractivity (Wildman–Crippen MR) is 104 cm³/mol. The molecule has 1 aliphatic rings. The van der Waals surface area contributed by atoms with Gasteiger partial charge in [0, 0.05) is 17.7 Å². The van der Waals surface area contributed by atoms with E-state index < -0.39 is 5.97 Å². The number of methoxy groups -OCH3 is 2. The van der Waals surface area contributed by atoms with E-state index in [1.165, 1.54) is 25.3 Å². The van der Waals surface area contributed by atoms with E-state index in [0.717, 1.165) is 25.7 Å². The maximum atomic E-state index is 12.0. The normalized spacial score (nSPS) is 15.6. The fourth-order valence-electron chi connectivity index (χ4n) is 3.18. The average Bonchev–Trinajstić information content (AvgIpc) is 2.66. The lowest BCUT2D eigenvalue weighted by Crippen LogP contribution is -2.37. The van der Waals surface area contributed by atoms with Crippen LogP contribution in [0.4, 0.5) is 0 Å². The molecule has 6 nitrogen and oxygen atoms in total. The molecule has 0 radical (unpaired) electrons. The van der Waals surface area contributed by atoms with E-state index in [1.807, 2.05) is 0 Å². The zero-order chi connectivity index (χ0) is 19.5. The van der Waals surface area contributed by atoms with Crippen LogP contribution >= 0.6 is 0 Å². The number of carbonyl (C=O) groups excluding carboxylic acids is 2. The van der Waals surface area contributed by atoms with Crippen LogP contribution < -0.4 is 14.8 Å². The van der Waals surface area contributed by atoms with Gasteiger partial charge in [0.1, 0.15) is 11.5 Å². The molecule has 0 aliphatic heterocycles. The van der Waals surface area contributed by atoms with Gasteiger partial charge in [-0.1, -0.05) is 32.1 Å². The molecule has 1 fully saturated rings. The van der Waals surface area contributed by atoms with Crippen molar-refractivity contribution in [3.05, 3.63) is 29.8 Å². The van der Waals surface area contributed by atoms with Crippen molar-refractivity contribution >= 4 is 18.0 Å². The van der Waals surface area contributed by atoms with Crippen molar-refractivity contribution in [3.63, 3.8) is 0 Å². The quantitative estimate of drug-likeness (QED) is 0.583. The Morgan fingerprint density at radius 3 is 2.44 bits per heavy atom. The van der Waals surface area contributed by atoms with E-state index in [2.05, 4.69) is 5.32 Å². The molecule has 2 rings (SSSR count). The van der Waals surface area contributed by atoms with Crippen LogP contribution in [-0.2, 0) is 14.3 Å². The second kappa shape index (κ2) is 11.3. The van der Waals surface area contributed by atoms with Crippen LogP contribution in [0.3, 0.4) is 0 Å². The molecule has 0 atom stereocenters. The summed E-state index contributed by atoms with van der Waals surface area (Å²) in [7, 11) is 3.12. The minimum atomic E-state index is -0.576. The summed E-state index contributed by atoms with van der Waals surface area (Å²) < 4.78 is 15.5. The SMILES string of the molecule is COc1ccc(OC)c(C=CC(=O)OCC(=O)NC2CCCCCCC2)c1. The first-order chi connectivity index (χ1) is 13.1. The van der Waals surface area contributed by atoms with Crippen molar-refractivity contribution in [1.82, 2.24) is 5.32 Å². The topological polar surface area (TPSA) is 73.9 Å². The molecule has 1 aromatic carbocycles. The van der Waals surface area contributed by atoms with Gasteiger partial charge in [0.25, 0.3) is 5.91 Å². The second-order valence-corrected chi connectivity index (χ2v) is 6.66. The van der Waals surface area contributed by atoms with Crippen molar-refractivity contribution in [2.45, 2.75) is 51.0 Å². The number of amides is 1. The average molecular weight is 375 g/mol. The summed E-state index contributed by atoms with van der Waals surface area (Å²) in [5.41, 5.74) is 0.688. The molecule has 1 aromatic rings. The fourth-order valence-corrected chi connectivity index (χ4v) is 3.18. The second-order valence-electron chi connectivity index (χ2n) is 6.66. The van der Waals surface area contributed by atoms with Gasteiger partial charge in [-0.3, -0.25) is 4.79 Å². The van der Waals surface area contributed by atoms with E-state index >= 15 is 0 Å². The maximum Gasteiger partial charge on any atom is 0.331 e. The van der Waals surface area contributed by atoms with Gasteiger partial charge in [0.15, 0.2) is 6.61 Å². The largest absolute Gasteiger partial charge is 0.497 e. The lowest BCUT2D eigenvalue weighted by Gasteiger charge is -2.20. The number of esters is 1. The molecule has 1 amide bonds. The summed E-state index contributed by atoms with van der Waals surface area (Å²) in [6, 6.07) is 5.47. The number of nitrogens with one attached hydrogen (secondary N) is 1. The Balaban J connectivity index is 1.81. The molecule has 6 heteroatoms.